The van der Waals surface area contributed by atoms with Crippen molar-refractivity contribution in [1.29, 1.82) is 0 Å². The number of rotatable bonds is 2. The third kappa shape index (κ3) is 2.90. The molecule has 1 aliphatic heterocycles. The molecule has 1 fully saturated rings. The number of nitrogens with zero attached hydrogens (tertiary/aromatic N) is 1. The summed E-state index contributed by atoms with van der Waals surface area (Å²) in [5, 5.41) is 18.1. The van der Waals surface area contributed by atoms with Gasteiger partial charge in [0.15, 0.2) is 0 Å². The normalized spacial score (nSPS) is 27.8. The Morgan fingerprint density at radius 3 is 2.67 bits per heavy atom. The second-order valence-electron chi connectivity index (χ2n) is 3.29. The van der Waals surface area contributed by atoms with E-state index in [4.69, 9.17) is 5.11 Å². The van der Waals surface area contributed by atoms with E-state index in [-0.39, 0.29) is 25.1 Å². The van der Waals surface area contributed by atoms with Gasteiger partial charge in [0, 0.05) is 6.04 Å². The Balaban J connectivity index is 0.00000121. The third-order valence-electron chi connectivity index (χ3n) is 2.46. The van der Waals surface area contributed by atoms with Crippen LogP contribution in [0.1, 0.15) is 19.3 Å². The van der Waals surface area contributed by atoms with Gasteiger partial charge in [-0.25, -0.2) is 0 Å². The molecular weight excluding hydrogens is 178 g/mol. The van der Waals surface area contributed by atoms with Crippen molar-refractivity contribution in [2.45, 2.75) is 31.4 Å². The Hall–Kier alpha value is 0.170. The van der Waals surface area contributed by atoms with Crippen molar-refractivity contribution in [3.05, 3.63) is 0 Å². The van der Waals surface area contributed by atoms with Gasteiger partial charge in [0.05, 0.1) is 12.7 Å². The van der Waals surface area contributed by atoms with Gasteiger partial charge in [-0.3, -0.25) is 0 Å². The van der Waals surface area contributed by atoms with Crippen LogP contribution in [0.3, 0.4) is 0 Å². The van der Waals surface area contributed by atoms with Crippen LogP contribution >= 0.6 is 12.4 Å². The summed E-state index contributed by atoms with van der Waals surface area (Å²) in [7, 11) is 2.00. The molecule has 0 aliphatic carbocycles. The lowest BCUT2D eigenvalue weighted by atomic mass is 9.98. The van der Waals surface area contributed by atoms with Crippen molar-refractivity contribution in [3.63, 3.8) is 0 Å². The average molecular weight is 196 g/mol. The second-order valence-corrected chi connectivity index (χ2v) is 3.29. The summed E-state index contributed by atoms with van der Waals surface area (Å²) in [5.74, 6) is 0. The van der Waals surface area contributed by atoms with Crippen molar-refractivity contribution in [3.8, 4) is 0 Å². The Morgan fingerprint density at radius 1 is 1.50 bits per heavy atom. The molecule has 0 radical (unpaired) electrons. The monoisotopic (exact) mass is 195 g/mol. The highest BCUT2D eigenvalue weighted by Crippen LogP contribution is 2.17. The lowest BCUT2D eigenvalue weighted by molar-refractivity contribution is 0.00497. The summed E-state index contributed by atoms with van der Waals surface area (Å²) >= 11 is 0. The first-order chi connectivity index (χ1) is 5.25. The topological polar surface area (TPSA) is 43.7 Å². The molecule has 2 unspecified atom stereocenters. The van der Waals surface area contributed by atoms with Crippen molar-refractivity contribution in [2.24, 2.45) is 0 Å². The van der Waals surface area contributed by atoms with Gasteiger partial charge in [-0.15, -0.1) is 12.4 Å². The number of hydrogen-bond donors (Lipinski definition) is 2. The van der Waals surface area contributed by atoms with E-state index in [9.17, 15) is 5.11 Å². The average Bonchev–Trinajstić information content (AvgIpc) is 2.04. The van der Waals surface area contributed by atoms with E-state index in [1.54, 1.807) is 0 Å². The maximum Gasteiger partial charge on any atom is 0.0925 e. The minimum absolute atomic E-state index is 0. The Morgan fingerprint density at radius 2 is 2.17 bits per heavy atom. The Labute approximate surface area is 79.8 Å². The number of hydrogen-bond acceptors (Lipinski definition) is 3. The molecule has 12 heavy (non-hydrogen) atoms. The number of halogens is 1. The predicted octanol–water partition coefficient (Wildman–Crippen LogP) is 0.246. The van der Waals surface area contributed by atoms with Crippen LogP contribution in [-0.4, -0.2) is 47.5 Å². The van der Waals surface area contributed by atoms with E-state index in [2.05, 4.69) is 4.90 Å². The zero-order valence-electron chi connectivity index (χ0n) is 7.44. The lowest BCUT2D eigenvalue weighted by Crippen LogP contribution is -2.45. The van der Waals surface area contributed by atoms with Gasteiger partial charge >= 0.3 is 0 Å². The summed E-state index contributed by atoms with van der Waals surface area (Å²) in [6, 6.07) is 0.175. The standard InChI is InChI=1S/C8H17NO2.ClH/c1-9-5-3-2-4-7(9)8(11)6-10;/h7-8,10-11H,2-6H2,1H3;1H. The highest BCUT2D eigenvalue weighted by Gasteiger charge is 2.24. The molecule has 1 rings (SSSR count). The largest absolute Gasteiger partial charge is 0.394 e. The minimum Gasteiger partial charge on any atom is -0.394 e. The van der Waals surface area contributed by atoms with Crippen molar-refractivity contribution < 1.29 is 10.2 Å². The van der Waals surface area contributed by atoms with E-state index in [0.717, 1.165) is 13.0 Å². The van der Waals surface area contributed by atoms with Crippen LogP contribution < -0.4 is 0 Å². The molecule has 1 saturated heterocycles. The number of likely N-dealkylation sites (N-methyl/N-ethyl adjacent to an activating group) is 1. The first kappa shape index (κ1) is 12.2. The van der Waals surface area contributed by atoms with Gasteiger partial charge in [-0.05, 0) is 26.4 Å². The second kappa shape index (κ2) is 5.75. The molecule has 0 aromatic rings. The van der Waals surface area contributed by atoms with Gasteiger partial charge in [0.2, 0.25) is 0 Å². The fourth-order valence-corrected chi connectivity index (χ4v) is 1.71. The summed E-state index contributed by atoms with van der Waals surface area (Å²) in [6.45, 7) is 0.927. The van der Waals surface area contributed by atoms with E-state index in [1.165, 1.54) is 12.8 Å². The van der Waals surface area contributed by atoms with Crippen LogP contribution in [0.2, 0.25) is 0 Å². The van der Waals surface area contributed by atoms with Crippen LogP contribution in [-0.2, 0) is 0 Å². The summed E-state index contributed by atoms with van der Waals surface area (Å²) in [5.41, 5.74) is 0. The quantitative estimate of drug-likeness (QED) is 0.664. The lowest BCUT2D eigenvalue weighted by Gasteiger charge is -2.34. The molecule has 0 aromatic carbocycles. The maximum atomic E-state index is 9.36. The molecule has 3 nitrogen and oxygen atoms in total. The number of aliphatic hydroxyl groups excluding tert-OH is 2. The van der Waals surface area contributed by atoms with Crippen LogP contribution in [0.15, 0.2) is 0 Å². The molecule has 0 spiro atoms. The molecule has 0 saturated carbocycles. The molecule has 4 heteroatoms. The number of likely N-dealkylation sites (tertiary alicyclic amines) is 1. The molecule has 2 N–H and O–H groups in total. The molecule has 1 aliphatic rings. The predicted molar refractivity (Wildman–Crippen MR) is 50.6 cm³/mol. The molecule has 74 valence electrons. The SMILES string of the molecule is CN1CCCCC1C(O)CO.Cl. The molecule has 0 bridgehead atoms. The molecule has 1 heterocycles. The van der Waals surface area contributed by atoms with E-state index in [0.29, 0.717) is 0 Å². The van der Waals surface area contributed by atoms with Gasteiger partial charge in [-0.1, -0.05) is 6.42 Å². The Kier molecular flexibility index (Phi) is 5.84. The van der Waals surface area contributed by atoms with Crippen LogP contribution in [0.4, 0.5) is 0 Å². The third-order valence-corrected chi connectivity index (χ3v) is 2.46. The van der Waals surface area contributed by atoms with Gasteiger partial charge in [-0.2, -0.15) is 0 Å². The highest BCUT2D eigenvalue weighted by molar-refractivity contribution is 5.85. The summed E-state index contributed by atoms with van der Waals surface area (Å²) in [6.07, 6.45) is 2.84. The van der Waals surface area contributed by atoms with Crippen LogP contribution in [0.25, 0.3) is 0 Å². The van der Waals surface area contributed by atoms with Crippen LogP contribution in [0.5, 0.6) is 0 Å². The zero-order chi connectivity index (χ0) is 8.27. The minimum atomic E-state index is -0.555. The summed E-state index contributed by atoms with van der Waals surface area (Å²) in [4.78, 5) is 2.13. The van der Waals surface area contributed by atoms with Gasteiger partial charge in [0.25, 0.3) is 0 Å². The van der Waals surface area contributed by atoms with Crippen LogP contribution in [0, 0.1) is 0 Å². The van der Waals surface area contributed by atoms with Crippen molar-refractivity contribution in [2.75, 3.05) is 20.2 Å². The number of aliphatic hydroxyl groups is 2. The number of piperidine rings is 1. The van der Waals surface area contributed by atoms with Gasteiger partial charge in [0.1, 0.15) is 0 Å². The van der Waals surface area contributed by atoms with Gasteiger partial charge < -0.3 is 15.1 Å². The van der Waals surface area contributed by atoms with Crippen molar-refractivity contribution >= 4 is 12.4 Å². The maximum absolute atomic E-state index is 9.36. The first-order valence-corrected chi connectivity index (χ1v) is 4.25. The van der Waals surface area contributed by atoms with E-state index >= 15 is 0 Å². The van der Waals surface area contributed by atoms with E-state index in [1.807, 2.05) is 7.05 Å². The van der Waals surface area contributed by atoms with Crippen molar-refractivity contribution in [1.82, 2.24) is 4.90 Å². The fourth-order valence-electron chi connectivity index (χ4n) is 1.71. The molecular formula is C8H18ClNO2. The summed E-state index contributed by atoms with van der Waals surface area (Å²) < 4.78 is 0. The molecule has 0 amide bonds. The first-order valence-electron chi connectivity index (χ1n) is 4.25. The van der Waals surface area contributed by atoms with E-state index < -0.39 is 6.10 Å². The Bertz CT molecular complexity index is 120. The fraction of sp³-hybridized carbons (Fsp3) is 1.00. The highest BCUT2D eigenvalue weighted by atomic mass is 35.5. The zero-order valence-corrected chi connectivity index (χ0v) is 8.26. The molecule has 2 atom stereocenters. The molecule has 0 aromatic heterocycles. The smallest absolute Gasteiger partial charge is 0.0925 e.